The fourth-order valence-electron chi connectivity index (χ4n) is 2.57. The van der Waals surface area contributed by atoms with Crippen molar-refractivity contribution < 1.29 is 0 Å². The van der Waals surface area contributed by atoms with Gasteiger partial charge in [0.05, 0.1) is 6.04 Å². The van der Waals surface area contributed by atoms with Crippen LogP contribution in [-0.4, -0.2) is 29.0 Å². The molecule has 0 radical (unpaired) electrons. The number of pyridine rings is 1. The first-order valence-electron chi connectivity index (χ1n) is 6.08. The van der Waals surface area contributed by atoms with Gasteiger partial charge >= 0.3 is 0 Å². The molecule has 16 heavy (non-hydrogen) atoms. The van der Waals surface area contributed by atoms with Crippen LogP contribution in [0.25, 0.3) is 0 Å². The first-order chi connectivity index (χ1) is 7.68. The summed E-state index contributed by atoms with van der Waals surface area (Å²) in [5.41, 5.74) is 7.47. The summed E-state index contributed by atoms with van der Waals surface area (Å²) < 4.78 is 0. The topological polar surface area (TPSA) is 42.1 Å². The molecule has 0 saturated carbocycles. The lowest BCUT2D eigenvalue weighted by molar-refractivity contribution is 0.221. The maximum Gasteiger partial charge on any atom is 0.0514 e. The van der Waals surface area contributed by atoms with Gasteiger partial charge in [-0.05, 0) is 24.0 Å². The van der Waals surface area contributed by atoms with Gasteiger partial charge in [0.15, 0.2) is 0 Å². The third-order valence-corrected chi connectivity index (χ3v) is 3.17. The lowest BCUT2D eigenvalue weighted by atomic mass is 10.0. The molecule has 3 nitrogen and oxygen atoms in total. The van der Waals surface area contributed by atoms with Gasteiger partial charge in [0.1, 0.15) is 0 Å². The Morgan fingerprint density at radius 2 is 2.38 bits per heavy atom. The second-order valence-corrected chi connectivity index (χ2v) is 5.07. The molecule has 0 amide bonds. The number of hydrogen-bond donors (Lipinski definition) is 1. The van der Waals surface area contributed by atoms with E-state index in [1.54, 1.807) is 0 Å². The highest BCUT2D eigenvalue weighted by molar-refractivity contribution is 5.18. The lowest BCUT2D eigenvalue weighted by Crippen LogP contribution is -2.33. The van der Waals surface area contributed by atoms with Gasteiger partial charge < -0.3 is 5.73 Å². The molecule has 1 aromatic rings. The molecule has 2 rings (SSSR count). The van der Waals surface area contributed by atoms with Crippen LogP contribution in [0.4, 0.5) is 0 Å². The van der Waals surface area contributed by atoms with Gasteiger partial charge in [0, 0.05) is 31.5 Å². The minimum Gasteiger partial charge on any atom is -0.326 e. The van der Waals surface area contributed by atoms with Gasteiger partial charge in [-0.15, -0.1) is 0 Å². The summed E-state index contributed by atoms with van der Waals surface area (Å²) in [7, 11) is 0. The molecule has 2 N–H and O–H groups in total. The van der Waals surface area contributed by atoms with Crippen molar-refractivity contribution in [2.24, 2.45) is 11.7 Å². The van der Waals surface area contributed by atoms with Crippen LogP contribution in [0.1, 0.15) is 31.9 Å². The standard InChI is InChI=1S/C13H21N3/c1-10(2)9-16-7-5-12(14)13(16)11-4-3-6-15-8-11/h3-4,6,8,10,12-13H,5,7,9,14H2,1-2H3. The fraction of sp³-hybridized carbons (Fsp3) is 0.615. The smallest absolute Gasteiger partial charge is 0.0514 e. The molecule has 0 aliphatic carbocycles. The Balaban J connectivity index is 2.16. The fourth-order valence-corrected chi connectivity index (χ4v) is 2.57. The number of aromatic nitrogens is 1. The van der Waals surface area contributed by atoms with Crippen LogP contribution in [0.15, 0.2) is 24.5 Å². The van der Waals surface area contributed by atoms with Crippen molar-refractivity contribution in [3.63, 3.8) is 0 Å². The maximum absolute atomic E-state index is 6.21. The van der Waals surface area contributed by atoms with Crippen molar-refractivity contribution in [3.05, 3.63) is 30.1 Å². The van der Waals surface area contributed by atoms with Crippen molar-refractivity contribution in [2.45, 2.75) is 32.4 Å². The Kier molecular flexibility index (Phi) is 3.56. The van der Waals surface area contributed by atoms with Crippen molar-refractivity contribution in [1.29, 1.82) is 0 Å². The highest BCUT2D eigenvalue weighted by atomic mass is 15.2. The van der Waals surface area contributed by atoms with E-state index >= 15 is 0 Å². The van der Waals surface area contributed by atoms with E-state index in [0.717, 1.165) is 19.5 Å². The van der Waals surface area contributed by atoms with Crippen molar-refractivity contribution in [3.8, 4) is 0 Å². The van der Waals surface area contributed by atoms with Gasteiger partial charge in [0.2, 0.25) is 0 Å². The Morgan fingerprint density at radius 3 is 3.00 bits per heavy atom. The summed E-state index contributed by atoms with van der Waals surface area (Å²) in [5.74, 6) is 0.685. The SMILES string of the molecule is CC(C)CN1CCC(N)C1c1cccnc1. The average Bonchev–Trinajstić information content (AvgIpc) is 2.60. The second-order valence-electron chi connectivity index (χ2n) is 5.07. The number of nitrogens with zero attached hydrogens (tertiary/aromatic N) is 2. The van der Waals surface area contributed by atoms with Gasteiger partial charge in [-0.2, -0.15) is 0 Å². The van der Waals surface area contributed by atoms with Crippen LogP contribution in [0, 0.1) is 5.92 Å². The molecule has 3 heteroatoms. The van der Waals surface area contributed by atoms with E-state index < -0.39 is 0 Å². The highest BCUT2D eigenvalue weighted by Gasteiger charge is 2.32. The molecule has 88 valence electrons. The molecule has 0 bridgehead atoms. The Hall–Kier alpha value is -0.930. The van der Waals surface area contributed by atoms with E-state index in [1.165, 1.54) is 5.56 Å². The highest BCUT2D eigenvalue weighted by Crippen LogP contribution is 2.31. The molecule has 1 fully saturated rings. The van der Waals surface area contributed by atoms with Gasteiger partial charge in [-0.1, -0.05) is 19.9 Å². The van der Waals surface area contributed by atoms with Crippen LogP contribution in [-0.2, 0) is 0 Å². The van der Waals surface area contributed by atoms with Crippen LogP contribution in [0.2, 0.25) is 0 Å². The van der Waals surface area contributed by atoms with E-state index in [9.17, 15) is 0 Å². The molecular weight excluding hydrogens is 198 g/mol. The van der Waals surface area contributed by atoms with Crippen molar-refractivity contribution in [2.75, 3.05) is 13.1 Å². The zero-order valence-corrected chi connectivity index (χ0v) is 10.1. The van der Waals surface area contributed by atoms with Crippen LogP contribution in [0.5, 0.6) is 0 Å². The van der Waals surface area contributed by atoms with E-state index in [2.05, 4.69) is 29.8 Å². The zero-order valence-electron chi connectivity index (χ0n) is 10.1. The van der Waals surface area contributed by atoms with Crippen LogP contribution >= 0.6 is 0 Å². The first kappa shape index (κ1) is 11.6. The number of likely N-dealkylation sites (tertiary alicyclic amines) is 1. The normalized spacial score (nSPS) is 26.5. The number of hydrogen-bond acceptors (Lipinski definition) is 3. The molecule has 1 aliphatic heterocycles. The molecule has 1 saturated heterocycles. The first-order valence-corrected chi connectivity index (χ1v) is 6.08. The predicted molar refractivity (Wildman–Crippen MR) is 66.0 cm³/mol. The van der Waals surface area contributed by atoms with Crippen LogP contribution < -0.4 is 5.73 Å². The summed E-state index contributed by atoms with van der Waals surface area (Å²) >= 11 is 0. The minimum atomic E-state index is 0.253. The van der Waals surface area contributed by atoms with Gasteiger partial charge in [-0.3, -0.25) is 9.88 Å². The summed E-state index contributed by atoms with van der Waals surface area (Å²) in [6, 6.07) is 4.74. The average molecular weight is 219 g/mol. The molecule has 2 unspecified atom stereocenters. The predicted octanol–water partition coefficient (Wildman–Crippen LogP) is 1.81. The van der Waals surface area contributed by atoms with Gasteiger partial charge in [-0.25, -0.2) is 0 Å². The molecule has 1 aromatic heterocycles. The van der Waals surface area contributed by atoms with E-state index in [0.29, 0.717) is 12.0 Å². The molecule has 2 heterocycles. The Labute approximate surface area is 97.7 Å². The van der Waals surface area contributed by atoms with Crippen LogP contribution in [0.3, 0.4) is 0 Å². The van der Waals surface area contributed by atoms with E-state index in [-0.39, 0.29) is 6.04 Å². The second kappa shape index (κ2) is 4.93. The third-order valence-electron chi connectivity index (χ3n) is 3.17. The number of nitrogens with two attached hydrogens (primary N) is 1. The number of rotatable bonds is 3. The van der Waals surface area contributed by atoms with E-state index in [1.807, 2.05) is 18.5 Å². The maximum atomic E-state index is 6.21. The zero-order chi connectivity index (χ0) is 11.5. The summed E-state index contributed by atoms with van der Waals surface area (Å²) in [5, 5.41) is 0. The lowest BCUT2D eigenvalue weighted by Gasteiger charge is -2.28. The molecular formula is C13H21N3. The Bertz CT molecular complexity index is 323. The third kappa shape index (κ3) is 2.42. The van der Waals surface area contributed by atoms with Crippen molar-refractivity contribution >= 4 is 0 Å². The molecule has 0 spiro atoms. The van der Waals surface area contributed by atoms with Crippen molar-refractivity contribution in [1.82, 2.24) is 9.88 Å². The summed E-state index contributed by atoms with van der Waals surface area (Å²) in [6.45, 7) is 6.74. The largest absolute Gasteiger partial charge is 0.326 e. The molecule has 2 atom stereocenters. The molecule has 1 aliphatic rings. The minimum absolute atomic E-state index is 0.253. The summed E-state index contributed by atoms with van der Waals surface area (Å²) in [6.07, 6.45) is 4.85. The summed E-state index contributed by atoms with van der Waals surface area (Å²) in [4.78, 5) is 6.69. The monoisotopic (exact) mass is 219 g/mol. The van der Waals surface area contributed by atoms with Gasteiger partial charge in [0.25, 0.3) is 0 Å². The Morgan fingerprint density at radius 1 is 1.56 bits per heavy atom. The molecule has 0 aromatic carbocycles. The quantitative estimate of drug-likeness (QED) is 0.843. The van der Waals surface area contributed by atoms with E-state index in [4.69, 9.17) is 5.73 Å².